The lowest BCUT2D eigenvalue weighted by atomic mass is 10.0. The molecule has 2 aliphatic rings. The highest BCUT2D eigenvalue weighted by Crippen LogP contribution is 2.21. The summed E-state index contributed by atoms with van der Waals surface area (Å²) in [6.45, 7) is 6.57. The summed E-state index contributed by atoms with van der Waals surface area (Å²) in [6, 6.07) is -0.565. The Bertz CT molecular complexity index is 474. The Labute approximate surface area is 126 Å². The molecule has 122 valence electrons. The van der Waals surface area contributed by atoms with Crippen LogP contribution in [0.5, 0.6) is 0 Å². The van der Waals surface area contributed by atoms with Gasteiger partial charge in [0.15, 0.2) is 0 Å². The largest absolute Gasteiger partial charge is 0.480 e. The van der Waals surface area contributed by atoms with Crippen LogP contribution in [0.3, 0.4) is 0 Å². The molecule has 0 aromatic carbocycles. The standard InChI is InChI=1S/C13H25N3O4S/c1-11-4-3-5-16(10-11)21(19,20)15-8-6-14(7-9-15)12(2)13(17)18/h11-12H,3-10H2,1-2H3,(H,17,18). The zero-order valence-corrected chi connectivity index (χ0v) is 13.5. The highest BCUT2D eigenvalue weighted by molar-refractivity contribution is 7.86. The number of aliphatic carboxylic acids is 1. The minimum atomic E-state index is -3.39. The Morgan fingerprint density at radius 3 is 2.29 bits per heavy atom. The average molecular weight is 319 g/mol. The van der Waals surface area contributed by atoms with E-state index >= 15 is 0 Å². The molecule has 2 aliphatic heterocycles. The number of piperidine rings is 1. The fourth-order valence-electron chi connectivity index (χ4n) is 3.00. The number of piperazine rings is 1. The van der Waals surface area contributed by atoms with Gasteiger partial charge in [0.05, 0.1) is 0 Å². The fourth-order valence-corrected chi connectivity index (χ4v) is 4.75. The lowest BCUT2D eigenvalue weighted by molar-refractivity contribution is -0.143. The van der Waals surface area contributed by atoms with Crippen LogP contribution in [0.4, 0.5) is 0 Å². The summed E-state index contributed by atoms with van der Waals surface area (Å²) in [7, 11) is -3.39. The Morgan fingerprint density at radius 2 is 1.76 bits per heavy atom. The number of hydrogen-bond acceptors (Lipinski definition) is 4. The van der Waals surface area contributed by atoms with E-state index in [1.165, 1.54) is 4.31 Å². The third kappa shape index (κ3) is 3.74. The van der Waals surface area contributed by atoms with Crippen molar-refractivity contribution in [3.8, 4) is 0 Å². The van der Waals surface area contributed by atoms with Crippen LogP contribution < -0.4 is 0 Å². The second-order valence-electron chi connectivity index (χ2n) is 6.06. The van der Waals surface area contributed by atoms with Crippen molar-refractivity contribution in [3.05, 3.63) is 0 Å². The number of carboxylic acids is 1. The molecule has 0 aromatic rings. The molecular weight excluding hydrogens is 294 g/mol. The highest BCUT2D eigenvalue weighted by Gasteiger charge is 2.35. The summed E-state index contributed by atoms with van der Waals surface area (Å²) in [5, 5.41) is 9.01. The van der Waals surface area contributed by atoms with Crippen LogP contribution in [0.25, 0.3) is 0 Å². The maximum Gasteiger partial charge on any atom is 0.320 e. The molecule has 0 spiro atoms. The van der Waals surface area contributed by atoms with Crippen molar-refractivity contribution in [2.24, 2.45) is 5.92 Å². The fraction of sp³-hybridized carbons (Fsp3) is 0.923. The van der Waals surface area contributed by atoms with Gasteiger partial charge in [0.2, 0.25) is 0 Å². The first-order chi connectivity index (χ1) is 9.82. The molecule has 0 saturated carbocycles. The van der Waals surface area contributed by atoms with Crippen molar-refractivity contribution in [2.75, 3.05) is 39.3 Å². The first-order valence-electron chi connectivity index (χ1n) is 7.54. The Morgan fingerprint density at radius 1 is 1.14 bits per heavy atom. The second-order valence-corrected chi connectivity index (χ2v) is 7.99. The van der Waals surface area contributed by atoms with Crippen LogP contribution in [0.15, 0.2) is 0 Å². The molecule has 0 aromatic heterocycles. The lowest BCUT2D eigenvalue weighted by Crippen LogP contribution is -2.56. The minimum Gasteiger partial charge on any atom is -0.480 e. The predicted molar refractivity (Wildman–Crippen MR) is 79.1 cm³/mol. The van der Waals surface area contributed by atoms with Crippen LogP contribution in [0.2, 0.25) is 0 Å². The van der Waals surface area contributed by atoms with Gasteiger partial charge >= 0.3 is 5.97 Å². The van der Waals surface area contributed by atoms with E-state index in [2.05, 4.69) is 6.92 Å². The second kappa shape index (κ2) is 6.60. The molecular formula is C13H25N3O4S. The molecule has 2 atom stereocenters. The molecule has 0 aliphatic carbocycles. The van der Waals surface area contributed by atoms with E-state index in [0.29, 0.717) is 45.2 Å². The summed E-state index contributed by atoms with van der Waals surface area (Å²) in [5.74, 6) is -0.460. The Kier molecular flexibility index (Phi) is 5.24. The molecule has 2 unspecified atom stereocenters. The number of hydrogen-bond donors (Lipinski definition) is 1. The lowest BCUT2D eigenvalue weighted by Gasteiger charge is -2.39. The molecule has 21 heavy (non-hydrogen) atoms. The van der Waals surface area contributed by atoms with Gasteiger partial charge < -0.3 is 5.11 Å². The third-order valence-electron chi connectivity index (χ3n) is 4.45. The first kappa shape index (κ1) is 16.7. The van der Waals surface area contributed by atoms with E-state index in [0.717, 1.165) is 12.8 Å². The van der Waals surface area contributed by atoms with E-state index < -0.39 is 22.2 Å². The zero-order chi connectivity index (χ0) is 15.6. The summed E-state index contributed by atoms with van der Waals surface area (Å²) in [6.07, 6.45) is 1.99. The van der Waals surface area contributed by atoms with Crippen molar-refractivity contribution in [1.29, 1.82) is 0 Å². The maximum atomic E-state index is 12.6. The van der Waals surface area contributed by atoms with E-state index in [9.17, 15) is 13.2 Å². The Hall–Kier alpha value is -0.700. The summed E-state index contributed by atoms with van der Waals surface area (Å²) < 4.78 is 28.3. The van der Waals surface area contributed by atoms with E-state index in [-0.39, 0.29) is 0 Å². The molecule has 2 heterocycles. The van der Waals surface area contributed by atoms with E-state index in [1.54, 1.807) is 11.2 Å². The van der Waals surface area contributed by atoms with Crippen LogP contribution in [0, 0.1) is 5.92 Å². The molecule has 2 saturated heterocycles. The van der Waals surface area contributed by atoms with Gasteiger partial charge in [-0.2, -0.15) is 17.0 Å². The van der Waals surface area contributed by atoms with Gasteiger partial charge in [-0.05, 0) is 25.7 Å². The van der Waals surface area contributed by atoms with Gasteiger partial charge in [-0.25, -0.2) is 0 Å². The molecule has 7 nitrogen and oxygen atoms in total. The molecule has 2 rings (SSSR count). The SMILES string of the molecule is CC1CCCN(S(=O)(=O)N2CCN(C(C)C(=O)O)CC2)C1. The van der Waals surface area contributed by atoms with Crippen molar-refractivity contribution in [2.45, 2.75) is 32.7 Å². The summed E-state index contributed by atoms with van der Waals surface area (Å²) in [4.78, 5) is 12.8. The van der Waals surface area contributed by atoms with Crippen LogP contribution >= 0.6 is 0 Å². The van der Waals surface area contributed by atoms with Gasteiger partial charge in [0.1, 0.15) is 6.04 Å². The summed E-state index contributed by atoms with van der Waals surface area (Å²) in [5.41, 5.74) is 0. The van der Waals surface area contributed by atoms with Crippen LogP contribution in [0.1, 0.15) is 26.7 Å². The predicted octanol–water partition coefficient (Wildman–Crippen LogP) is 0.0538. The van der Waals surface area contributed by atoms with E-state index in [4.69, 9.17) is 5.11 Å². The number of rotatable bonds is 4. The number of nitrogens with zero attached hydrogens (tertiary/aromatic N) is 3. The van der Waals surface area contributed by atoms with Gasteiger partial charge in [-0.1, -0.05) is 6.92 Å². The Balaban J connectivity index is 1.96. The topological polar surface area (TPSA) is 81.2 Å². The molecule has 0 radical (unpaired) electrons. The van der Waals surface area contributed by atoms with E-state index in [1.807, 2.05) is 4.90 Å². The first-order valence-corrected chi connectivity index (χ1v) is 8.94. The molecule has 2 fully saturated rings. The van der Waals surface area contributed by atoms with Gasteiger partial charge in [-0.15, -0.1) is 0 Å². The van der Waals surface area contributed by atoms with Gasteiger partial charge in [0.25, 0.3) is 10.2 Å². The van der Waals surface area contributed by atoms with Crippen molar-refractivity contribution < 1.29 is 18.3 Å². The van der Waals surface area contributed by atoms with Crippen LogP contribution in [-0.2, 0) is 15.0 Å². The number of carbonyl (C=O) groups is 1. The number of carboxylic acid groups (broad SMARTS) is 1. The average Bonchev–Trinajstić information content (AvgIpc) is 2.46. The van der Waals surface area contributed by atoms with Crippen LogP contribution in [-0.4, -0.2) is 78.3 Å². The maximum absolute atomic E-state index is 12.6. The molecule has 0 amide bonds. The minimum absolute atomic E-state index is 0.366. The van der Waals surface area contributed by atoms with Crippen molar-refractivity contribution >= 4 is 16.2 Å². The van der Waals surface area contributed by atoms with Crippen molar-refractivity contribution in [1.82, 2.24) is 13.5 Å². The summed E-state index contributed by atoms with van der Waals surface area (Å²) >= 11 is 0. The molecule has 0 bridgehead atoms. The normalized spacial score (nSPS) is 28.4. The van der Waals surface area contributed by atoms with Gasteiger partial charge in [0, 0.05) is 39.3 Å². The quantitative estimate of drug-likeness (QED) is 0.792. The smallest absolute Gasteiger partial charge is 0.320 e. The molecule has 1 N–H and O–H groups in total. The monoisotopic (exact) mass is 319 g/mol. The third-order valence-corrected chi connectivity index (χ3v) is 6.45. The zero-order valence-electron chi connectivity index (χ0n) is 12.7. The highest BCUT2D eigenvalue weighted by atomic mass is 32.2. The van der Waals surface area contributed by atoms with Crippen molar-refractivity contribution in [3.63, 3.8) is 0 Å². The van der Waals surface area contributed by atoms with Gasteiger partial charge in [-0.3, -0.25) is 9.69 Å². The molecule has 8 heteroatoms.